The van der Waals surface area contributed by atoms with E-state index in [0.717, 1.165) is 11.1 Å². The molecular formula is C23H19NO4. The molecule has 2 aromatic carbocycles. The van der Waals surface area contributed by atoms with Crippen LogP contribution < -0.4 is 0 Å². The average Bonchev–Trinajstić information content (AvgIpc) is 3.33. The Kier molecular flexibility index (Phi) is 3.40. The van der Waals surface area contributed by atoms with E-state index >= 15 is 0 Å². The number of hydrogen-bond donors (Lipinski definition) is 0. The number of fused-ring (bicyclic) bond motifs is 8. The summed E-state index contributed by atoms with van der Waals surface area (Å²) in [6.07, 6.45) is 2.99. The van der Waals surface area contributed by atoms with Crippen LogP contribution in [0.3, 0.4) is 0 Å². The Morgan fingerprint density at radius 3 is 2.68 bits per heavy atom. The van der Waals surface area contributed by atoms with Gasteiger partial charge in [-0.2, -0.15) is 0 Å². The van der Waals surface area contributed by atoms with Crippen molar-refractivity contribution in [1.82, 2.24) is 4.90 Å². The van der Waals surface area contributed by atoms with Crippen LogP contribution in [0.15, 0.2) is 60.8 Å². The van der Waals surface area contributed by atoms with Crippen molar-refractivity contribution in [1.29, 1.82) is 0 Å². The molecule has 2 bridgehead atoms. The number of hydrogen-bond acceptors (Lipinski definition) is 5. The molecule has 0 N–H and O–H groups in total. The molecule has 4 heterocycles. The van der Waals surface area contributed by atoms with Gasteiger partial charge in [0.15, 0.2) is 11.6 Å². The molecule has 140 valence electrons. The van der Waals surface area contributed by atoms with Crippen LogP contribution in [-0.2, 0) is 14.3 Å². The zero-order valence-corrected chi connectivity index (χ0v) is 15.1. The third kappa shape index (κ3) is 2.09. The van der Waals surface area contributed by atoms with E-state index in [1.54, 1.807) is 0 Å². The predicted molar refractivity (Wildman–Crippen MR) is 101 cm³/mol. The molecule has 4 aliphatic heterocycles. The van der Waals surface area contributed by atoms with Gasteiger partial charge in [0.05, 0.1) is 30.7 Å². The Morgan fingerprint density at radius 1 is 1.04 bits per heavy atom. The number of ether oxygens (including phenoxy) is 2. The highest BCUT2D eigenvalue weighted by Gasteiger charge is 2.63. The van der Waals surface area contributed by atoms with Gasteiger partial charge in [0.25, 0.3) is 0 Å². The van der Waals surface area contributed by atoms with Gasteiger partial charge < -0.3 is 14.4 Å². The third-order valence-corrected chi connectivity index (χ3v) is 6.53. The highest BCUT2D eigenvalue weighted by Crippen LogP contribution is 2.54. The summed E-state index contributed by atoms with van der Waals surface area (Å²) >= 11 is 0. The van der Waals surface area contributed by atoms with Gasteiger partial charge in [-0.3, -0.25) is 9.59 Å². The molecule has 0 aliphatic carbocycles. The van der Waals surface area contributed by atoms with Gasteiger partial charge >= 0.3 is 0 Å². The molecule has 5 nitrogen and oxygen atoms in total. The second kappa shape index (κ2) is 5.87. The molecule has 6 rings (SSSR count). The Balaban J connectivity index is 1.52. The van der Waals surface area contributed by atoms with Crippen LogP contribution in [0, 0.1) is 11.8 Å². The second-order valence-corrected chi connectivity index (χ2v) is 7.86. The van der Waals surface area contributed by atoms with E-state index in [4.69, 9.17) is 9.47 Å². The maximum Gasteiger partial charge on any atom is 0.218 e. The van der Waals surface area contributed by atoms with Crippen molar-refractivity contribution >= 4 is 17.6 Å². The molecule has 28 heavy (non-hydrogen) atoms. The van der Waals surface area contributed by atoms with Gasteiger partial charge in [0.2, 0.25) is 6.29 Å². The van der Waals surface area contributed by atoms with E-state index in [9.17, 15) is 9.59 Å². The Hall–Kier alpha value is -2.76. The van der Waals surface area contributed by atoms with Crippen LogP contribution in [-0.4, -0.2) is 41.5 Å². The summed E-state index contributed by atoms with van der Waals surface area (Å²) in [6.45, 7) is 0.363. The molecular weight excluding hydrogens is 354 g/mol. The summed E-state index contributed by atoms with van der Waals surface area (Å²) in [7, 11) is 0. The molecule has 0 aromatic heterocycles. The zero-order valence-electron chi connectivity index (χ0n) is 15.1. The SMILES string of the molecule is O=C1[C@H]2OC[C@H](O2)[C@@H]2[C@@H]1[C@@H]1c3ccccc3C=CN1[C@H]2C(=O)c1ccccc1. The van der Waals surface area contributed by atoms with Crippen molar-refractivity contribution in [3.8, 4) is 0 Å². The lowest BCUT2D eigenvalue weighted by Gasteiger charge is -2.34. The summed E-state index contributed by atoms with van der Waals surface area (Å²) in [6, 6.07) is 16.8. The first-order valence-electron chi connectivity index (χ1n) is 9.68. The average molecular weight is 373 g/mol. The van der Waals surface area contributed by atoms with Crippen LogP contribution in [0.2, 0.25) is 0 Å². The minimum Gasteiger partial charge on any atom is -0.359 e. The van der Waals surface area contributed by atoms with Gasteiger partial charge in [0.1, 0.15) is 0 Å². The summed E-state index contributed by atoms with van der Waals surface area (Å²) in [4.78, 5) is 28.9. The van der Waals surface area contributed by atoms with Crippen molar-refractivity contribution in [3.05, 3.63) is 77.5 Å². The first kappa shape index (κ1) is 16.2. The number of rotatable bonds is 2. The maximum atomic E-state index is 13.6. The number of Topliss-reactive ketones (excluding diaryl/α,β-unsaturated/α-hetero) is 2. The number of carbonyl (C=O) groups excluding carboxylic acids is 2. The summed E-state index contributed by atoms with van der Waals surface area (Å²) in [5, 5.41) is 0. The molecule has 3 saturated heterocycles. The largest absolute Gasteiger partial charge is 0.359 e. The lowest BCUT2D eigenvalue weighted by molar-refractivity contribution is -0.164. The minimum atomic E-state index is -0.795. The van der Waals surface area contributed by atoms with E-state index in [-0.39, 0.29) is 35.5 Å². The lowest BCUT2D eigenvalue weighted by Crippen LogP contribution is -2.48. The van der Waals surface area contributed by atoms with E-state index in [1.165, 1.54) is 0 Å². The van der Waals surface area contributed by atoms with Crippen molar-refractivity contribution < 1.29 is 19.1 Å². The van der Waals surface area contributed by atoms with Gasteiger partial charge in [-0.15, -0.1) is 0 Å². The number of ketones is 2. The number of carbonyl (C=O) groups is 2. The molecule has 0 amide bonds. The summed E-state index contributed by atoms with van der Waals surface area (Å²) in [5.74, 6) is -0.541. The molecule has 4 aliphatic rings. The fourth-order valence-corrected chi connectivity index (χ4v) is 5.39. The minimum absolute atomic E-state index is 0.0314. The van der Waals surface area contributed by atoms with Crippen molar-refractivity contribution in [2.24, 2.45) is 11.8 Å². The van der Waals surface area contributed by atoms with E-state index in [1.807, 2.05) is 54.7 Å². The molecule has 0 spiro atoms. The lowest BCUT2D eigenvalue weighted by atomic mass is 9.75. The first-order chi connectivity index (χ1) is 13.7. The number of nitrogens with zero attached hydrogens (tertiary/aromatic N) is 1. The normalized spacial score (nSPS) is 34.7. The fourth-order valence-electron chi connectivity index (χ4n) is 5.39. The fraction of sp³-hybridized carbons (Fsp3) is 0.304. The van der Waals surface area contributed by atoms with Gasteiger partial charge in [-0.05, 0) is 17.2 Å². The maximum absolute atomic E-state index is 13.6. The second-order valence-electron chi connectivity index (χ2n) is 7.86. The van der Waals surface area contributed by atoms with Crippen LogP contribution in [0.4, 0.5) is 0 Å². The third-order valence-electron chi connectivity index (χ3n) is 6.53. The molecule has 2 aromatic rings. The van der Waals surface area contributed by atoms with Crippen LogP contribution in [0.1, 0.15) is 27.5 Å². The first-order valence-corrected chi connectivity index (χ1v) is 9.68. The smallest absolute Gasteiger partial charge is 0.218 e. The standard InChI is InChI=1S/C23H19NO4/c25-21(14-7-2-1-3-8-14)20-17-16-12-27-23(28-16)22(26)18(17)19-15-9-5-4-6-13(15)10-11-24(19)20/h1-11,16-20,23H,12H2/t16-,17+,18+,19-,20+,23-/m0/s1. The van der Waals surface area contributed by atoms with E-state index in [0.29, 0.717) is 12.2 Å². The summed E-state index contributed by atoms with van der Waals surface area (Å²) < 4.78 is 11.5. The predicted octanol–water partition coefficient (Wildman–Crippen LogP) is 2.84. The molecule has 6 atom stereocenters. The van der Waals surface area contributed by atoms with Gasteiger partial charge in [0, 0.05) is 17.7 Å². The monoisotopic (exact) mass is 373 g/mol. The quantitative estimate of drug-likeness (QED) is 0.758. The summed E-state index contributed by atoms with van der Waals surface area (Å²) in [5.41, 5.74) is 2.86. The Bertz CT molecular complexity index is 1000. The van der Waals surface area contributed by atoms with Crippen molar-refractivity contribution in [2.75, 3.05) is 6.61 Å². The molecule has 0 radical (unpaired) electrons. The van der Waals surface area contributed by atoms with E-state index in [2.05, 4.69) is 17.0 Å². The molecule has 0 unspecified atom stereocenters. The van der Waals surface area contributed by atoms with Crippen molar-refractivity contribution in [3.63, 3.8) is 0 Å². The Labute approximate surface area is 162 Å². The van der Waals surface area contributed by atoms with Crippen LogP contribution >= 0.6 is 0 Å². The topological polar surface area (TPSA) is 55.8 Å². The number of benzene rings is 2. The molecule has 5 heteroatoms. The van der Waals surface area contributed by atoms with E-state index < -0.39 is 12.3 Å². The van der Waals surface area contributed by atoms with Crippen molar-refractivity contribution in [2.45, 2.75) is 24.5 Å². The Morgan fingerprint density at radius 2 is 1.82 bits per heavy atom. The molecule has 0 saturated carbocycles. The van der Waals surface area contributed by atoms with Gasteiger partial charge in [-0.25, -0.2) is 0 Å². The van der Waals surface area contributed by atoms with Gasteiger partial charge in [-0.1, -0.05) is 54.6 Å². The highest BCUT2D eigenvalue weighted by molar-refractivity contribution is 6.02. The highest BCUT2D eigenvalue weighted by atomic mass is 16.7. The zero-order chi connectivity index (χ0) is 18.8. The van der Waals surface area contributed by atoms with Crippen LogP contribution in [0.25, 0.3) is 6.08 Å². The van der Waals surface area contributed by atoms with Crippen LogP contribution in [0.5, 0.6) is 0 Å². The molecule has 3 fully saturated rings.